The maximum Gasteiger partial charge on any atom is 0.162 e. The summed E-state index contributed by atoms with van der Waals surface area (Å²) in [5, 5.41) is 9.10. The van der Waals surface area contributed by atoms with Crippen molar-refractivity contribution < 1.29 is 0 Å². The third-order valence-electron chi connectivity index (χ3n) is 15.1. The van der Waals surface area contributed by atoms with Gasteiger partial charge in [-0.2, -0.15) is 0 Å². The van der Waals surface area contributed by atoms with Gasteiger partial charge in [0.05, 0.1) is 27.6 Å². The first-order valence-electron chi connectivity index (χ1n) is 26.2. The summed E-state index contributed by atoms with van der Waals surface area (Å²) in [6.07, 6.45) is 0. The van der Waals surface area contributed by atoms with E-state index in [0.717, 1.165) is 55.1 Å². The fourth-order valence-electron chi connectivity index (χ4n) is 11.2. The molecule has 10 aromatic carbocycles. The van der Waals surface area contributed by atoms with Crippen molar-refractivity contribution in [1.82, 2.24) is 34.5 Å². The molecule has 1 aliphatic rings. The SMILES string of the molecule is CC1(C)c2ccccc2-c2ccc(-c3nc(Cl)c4ccccc4n3)cc21.Clc1nc(-c2ccc(-n3c4ccccc4c4ccccc43)cc2)nc2ccccc12.Clc1nc(-c2cccc3c2sc2ccccc23)nc2ccccc12. The van der Waals surface area contributed by atoms with Crippen molar-refractivity contribution in [2.75, 3.05) is 0 Å². The third-order valence-corrected chi connectivity index (χ3v) is 17.2. The van der Waals surface area contributed by atoms with Crippen LogP contribution in [0.2, 0.25) is 15.5 Å². The number of halogens is 3. The average Bonchev–Trinajstić information content (AvgIpc) is 4.24. The molecule has 15 aromatic rings. The van der Waals surface area contributed by atoms with Crippen LogP contribution in [0.1, 0.15) is 25.0 Å². The van der Waals surface area contributed by atoms with E-state index in [1.54, 1.807) is 11.3 Å². The van der Waals surface area contributed by atoms with E-state index in [1.807, 2.05) is 72.8 Å². The molecule has 0 saturated carbocycles. The molecule has 11 heteroatoms. The van der Waals surface area contributed by atoms with Crippen LogP contribution in [0.5, 0.6) is 0 Å². The number of aromatic nitrogens is 7. The molecule has 0 aliphatic heterocycles. The van der Waals surface area contributed by atoms with Crippen molar-refractivity contribution in [3.63, 3.8) is 0 Å². The van der Waals surface area contributed by atoms with Gasteiger partial charge in [-0.25, -0.2) is 29.9 Å². The van der Waals surface area contributed by atoms with Crippen molar-refractivity contribution in [3.05, 3.63) is 257 Å². The van der Waals surface area contributed by atoms with E-state index in [2.05, 4.69) is 191 Å². The molecule has 0 bridgehead atoms. The number of para-hydroxylation sites is 5. The summed E-state index contributed by atoms with van der Waals surface area (Å²) < 4.78 is 4.76. The first kappa shape index (κ1) is 49.4. The molecule has 0 N–H and O–H groups in total. The molecule has 80 heavy (non-hydrogen) atoms. The molecule has 0 spiro atoms. The van der Waals surface area contributed by atoms with Crippen molar-refractivity contribution in [2.24, 2.45) is 0 Å². The van der Waals surface area contributed by atoms with Gasteiger partial charge in [-0.3, -0.25) is 0 Å². The lowest BCUT2D eigenvalue weighted by atomic mass is 9.82. The summed E-state index contributed by atoms with van der Waals surface area (Å²) in [5.41, 5.74) is 14.3. The number of benzene rings is 10. The quantitative estimate of drug-likeness (QED) is 0.163. The summed E-state index contributed by atoms with van der Waals surface area (Å²) in [7, 11) is 0. The minimum atomic E-state index is -0.0391. The van der Waals surface area contributed by atoms with Gasteiger partial charge in [0.25, 0.3) is 0 Å². The van der Waals surface area contributed by atoms with E-state index in [4.69, 9.17) is 49.8 Å². The predicted molar refractivity (Wildman–Crippen MR) is 335 cm³/mol. The Balaban J connectivity index is 0.000000109. The third kappa shape index (κ3) is 8.60. The summed E-state index contributed by atoms with van der Waals surface area (Å²) in [5.74, 6) is 1.98. The van der Waals surface area contributed by atoms with E-state index < -0.39 is 0 Å². The molecule has 0 amide bonds. The normalized spacial score (nSPS) is 12.4. The Kier molecular flexibility index (Phi) is 12.4. The zero-order chi connectivity index (χ0) is 54.1. The van der Waals surface area contributed by atoms with Gasteiger partial charge in [-0.05, 0) is 113 Å². The number of fused-ring (bicyclic) bond motifs is 12. The molecule has 0 radical (unpaired) electrons. The van der Waals surface area contributed by atoms with Crippen LogP contribution in [0, 0.1) is 0 Å². The van der Waals surface area contributed by atoms with E-state index in [-0.39, 0.29) is 5.41 Å². The van der Waals surface area contributed by atoms with Gasteiger partial charge < -0.3 is 4.57 Å². The smallest absolute Gasteiger partial charge is 0.162 e. The number of thiophene rings is 1. The van der Waals surface area contributed by atoms with Crippen molar-refractivity contribution >= 4 is 121 Å². The lowest BCUT2D eigenvalue weighted by molar-refractivity contribution is 0.660. The molecular formula is C69H44Cl3N7S. The van der Waals surface area contributed by atoms with Gasteiger partial charge in [0.15, 0.2) is 17.5 Å². The minimum absolute atomic E-state index is 0.0391. The summed E-state index contributed by atoms with van der Waals surface area (Å²) >= 11 is 21.0. The standard InChI is InChI=1S/C26H16ClN3.C23H17ClN2.C20H11ClN2S/c27-25-21-9-1-4-10-22(21)28-26(29-25)17-13-15-18(16-14-17)30-23-11-5-2-7-19(23)20-8-3-6-12-24(20)30;1-23(2)18-9-5-3-7-15(18)16-12-11-14(13-19(16)23)22-25-20-10-6-4-8-17(20)21(24)26-22;21-19-14-7-1-3-10-16(14)22-20(23-19)15-9-5-8-13-12-6-2-4-11-17(12)24-18(13)15/h1-16H;3-13H,1-2H3;1-11H. The first-order valence-corrected chi connectivity index (χ1v) is 28.1. The molecule has 5 aromatic heterocycles. The largest absolute Gasteiger partial charge is 0.309 e. The molecule has 382 valence electrons. The van der Waals surface area contributed by atoms with Crippen molar-refractivity contribution in [2.45, 2.75) is 19.3 Å². The maximum atomic E-state index is 6.41. The van der Waals surface area contributed by atoms with Crippen LogP contribution < -0.4 is 0 Å². The van der Waals surface area contributed by atoms with Crippen LogP contribution in [0.15, 0.2) is 231 Å². The fourth-order valence-corrected chi connectivity index (χ4v) is 13.2. The Morgan fingerprint density at radius 2 is 0.787 bits per heavy atom. The molecular weight excluding hydrogens is 1070 g/mol. The van der Waals surface area contributed by atoms with Gasteiger partial charge >= 0.3 is 0 Å². The zero-order valence-electron chi connectivity index (χ0n) is 43.1. The van der Waals surface area contributed by atoms with Crippen LogP contribution in [0.3, 0.4) is 0 Å². The minimum Gasteiger partial charge on any atom is -0.309 e. The fraction of sp³-hybridized carbons (Fsp3) is 0.0435. The van der Waals surface area contributed by atoms with E-state index in [9.17, 15) is 0 Å². The summed E-state index contributed by atoms with van der Waals surface area (Å²) in [4.78, 5) is 27.8. The molecule has 16 rings (SSSR count). The zero-order valence-corrected chi connectivity index (χ0v) is 46.2. The average molecular weight is 1110 g/mol. The Morgan fingerprint density at radius 3 is 1.40 bits per heavy atom. The second kappa shape index (κ2) is 20.1. The van der Waals surface area contributed by atoms with Crippen LogP contribution in [0.25, 0.3) is 126 Å². The van der Waals surface area contributed by atoms with E-state index in [0.29, 0.717) is 32.9 Å². The Hall–Kier alpha value is -8.89. The molecule has 5 heterocycles. The molecule has 0 fully saturated rings. The summed E-state index contributed by atoms with van der Waals surface area (Å²) in [6, 6.07) is 78.7. The Morgan fingerprint density at radius 1 is 0.350 bits per heavy atom. The number of hydrogen-bond donors (Lipinski definition) is 0. The maximum absolute atomic E-state index is 6.41. The van der Waals surface area contributed by atoms with Crippen LogP contribution in [-0.4, -0.2) is 34.5 Å². The van der Waals surface area contributed by atoms with Crippen molar-refractivity contribution in [3.8, 4) is 51.0 Å². The van der Waals surface area contributed by atoms with Crippen LogP contribution in [0.4, 0.5) is 0 Å². The molecule has 0 saturated heterocycles. The molecule has 7 nitrogen and oxygen atoms in total. The highest BCUT2D eigenvalue weighted by atomic mass is 35.5. The van der Waals surface area contributed by atoms with Gasteiger partial charge in [0, 0.05) is 74.9 Å². The predicted octanol–water partition coefficient (Wildman–Crippen LogP) is 19.6. The topological polar surface area (TPSA) is 82.3 Å². The lowest BCUT2D eigenvalue weighted by Crippen LogP contribution is -2.15. The monoisotopic (exact) mass is 1110 g/mol. The molecule has 0 unspecified atom stereocenters. The highest BCUT2D eigenvalue weighted by Crippen LogP contribution is 2.49. The highest BCUT2D eigenvalue weighted by molar-refractivity contribution is 7.26. The van der Waals surface area contributed by atoms with Gasteiger partial charge in [0.1, 0.15) is 15.5 Å². The van der Waals surface area contributed by atoms with E-state index in [1.165, 1.54) is 64.2 Å². The van der Waals surface area contributed by atoms with Gasteiger partial charge in [-0.1, -0.05) is 188 Å². The van der Waals surface area contributed by atoms with Crippen molar-refractivity contribution in [1.29, 1.82) is 0 Å². The van der Waals surface area contributed by atoms with Crippen LogP contribution >= 0.6 is 46.1 Å². The highest BCUT2D eigenvalue weighted by Gasteiger charge is 2.35. The Bertz CT molecular complexity index is 4880. The molecule has 1 aliphatic carbocycles. The van der Waals surface area contributed by atoms with Gasteiger partial charge in [0.2, 0.25) is 0 Å². The second-order valence-corrected chi connectivity index (χ2v) is 22.3. The van der Waals surface area contributed by atoms with E-state index >= 15 is 0 Å². The summed E-state index contributed by atoms with van der Waals surface area (Å²) in [6.45, 7) is 4.55. The second-order valence-electron chi connectivity index (χ2n) is 20.2. The number of nitrogens with zero attached hydrogens (tertiary/aromatic N) is 7. The molecule has 0 atom stereocenters. The first-order chi connectivity index (χ1) is 39.2. The van der Waals surface area contributed by atoms with Gasteiger partial charge in [-0.15, -0.1) is 11.3 Å². The Labute approximate surface area is 479 Å². The van der Waals surface area contributed by atoms with Crippen LogP contribution in [-0.2, 0) is 5.41 Å². The lowest BCUT2D eigenvalue weighted by Gasteiger charge is -2.21. The number of rotatable bonds is 4. The number of hydrogen-bond acceptors (Lipinski definition) is 7.